The minimum atomic E-state index is 0. The number of anilines is 1. The van der Waals surface area contributed by atoms with Gasteiger partial charge in [-0.1, -0.05) is 17.7 Å². The third kappa shape index (κ3) is 8.66. The number of carbonyl (C=O) groups is 1. The summed E-state index contributed by atoms with van der Waals surface area (Å²) in [5, 5.41) is 6.68. The molecular formula is C23H37IN6O. The number of carbonyl (C=O) groups excluding carboxylic acids is 1. The molecule has 0 aromatic carbocycles. The van der Waals surface area contributed by atoms with Crippen molar-refractivity contribution in [3.8, 4) is 0 Å². The van der Waals surface area contributed by atoms with Crippen LogP contribution in [0, 0.1) is 0 Å². The molecule has 1 fully saturated rings. The summed E-state index contributed by atoms with van der Waals surface area (Å²) in [6.07, 6.45) is 10.8. The monoisotopic (exact) mass is 540 g/mol. The van der Waals surface area contributed by atoms with Crippen molar-refractivity contribution in [1.82, 2.24) is 20.5 Å². The van der Waals surface area contributed by atoms with Crippen LogP contribution < -0.4 is 15.5 Å². The van der Waals surface area contributed by atoms with E-state index in [1.54, 1.807) is 5.57 Å². The van der Waals surface area contributed by atoms with Crippen molar-refractivity contribution < 1.29 is 4.79 Å². The van der Waals surface area contributed by atoms with Crippen molar-refractivity contribution in [2.75, 3.05) is 50.7 Å². The average Bonchev–Trinajstić information content (AvgIpc) is 2.80. The smallest absolute Gasteiger partial charge is 0.224 e. The molecule has 0 radical (unpaired) electrons. The molecule has 0 bridgehead atoms. The second-order valence-corrected chi connectivity index (χ2v) is 7.85. The van der Waals surface area contributed by atoms with Gasteiger partial charge in [0.25, 0.3) is 0 Å². The van der Waals surface area contributed by atoms with Gasteiger partial charge in [-0.25, -0.2) is 4.98 Å². The van der Waals surface area contributed by atoms with Crippen LogP contribution in [0.3, 0.4) is 0 Å². The zero-order valence-corrected chi connectivity index (χ0v) is 21.0. The summed E-state index contributed by atoms with van der Waals surface area (Å²) in [5.41, 5.74) is 1.56. The summed E-state index contributed by atoms with van der Waals surface area (Å²) in [6.45, 7) is 7.42. The van der Waals surface area contributed by atoms with Gasteiger partial charge in [0.05, 0.1) is 6.54 Å². The van der Waals surface area contributed by atoms with Crippen LogP contribution in [0.4, 0.5) is 5.82 Å². The Morgan fingerprint density at radius 2 is 2.00 bits per heavy atom. The molecule has 172 valence electrons. The number of hydrogen-bond donors (Lipinski definition) is 2. The van der Waals surface area contributed by atoms with Crippen molar-refractivity contribution in [3.05, 3.63) is 36.0 Å². The third-order valence-electron chi connectivity index (χ3n) is 5.67. The number of pyridine rings is 1. The zero-order chi connectivity index (χ0) is 21.0. The molecule has 1 saturated heterocycles. The minimum absolute atomic E-state index is 0. The molecule has 1 aliphatic heterocycles. The van der Waals surface area contributed by atoms with E-state index in [0.717, 1.165) is 57.5 Å². The number of amides is 1. The third-order valence-corrected chi connectivity index (χ3v) is 5.67. The van der Waals surface area contributed by atoms with Crippen molar-refractivity contribution in [3.63, 3.8) is 0 Å². The molecule has 0 unspecified atom stereocenters. The Bertz CT molecular complexity index is 716. The highest BCUT2D eigenvalue weighted by molar-refractivity contribution is 14.0. The van der Waals surface area contributed by atoms with Crippen LogP contribution in [0.2, 0.25) is 0 Å². The molecule has 0 saturated carbocycles. The molecule has 7 nitrogen and oxygen atoms in total. The lowest BCUT2D eigenvalue weighted by molar-refractivity contribution is -0.131. The predicted octanol–water partition coefficient (Wildman–Crippen LogP) is 3.18. The number of rotatable bonds is 8. The van der Waals surface area contributed by atoms with Crippen molar-refractivity contribution in [1.29, 1.82) is 0 Å². The number of allylic oxidation sites excluding steroid dienone is 1. The molecule has 2 heterocycles. The van der Waals surface area contributed by atoms with E-state index >= 15 is 0 Å². The van der Waals surface area contributed by atoms with Gasteiger partial charge in [0.2, 0.25) is 5.91 Å². The minimum Gasteiger partial charge on any atom is -0.357 e. The fourth-order valence-electron chi connectivity index (χ4n) is 3.96. The van der Waals surface area contributed by atoms with Crippen molar-refractivity contribution in [2.45, 2.75) is 45.4 Å². The average molecular weight is 540 g/mol. The maximum absolute atomic E-state index is 12.6. The quantitative estimate of drug-likeness (QED) is 0.230. The first-order valence-corrected chi connectivity index (χ1v) is 11.4. The second-order valence-electron chi connectivity index (χ2n) is 7.85. The summed E-state index contributed by atoms with van der Waals surface area (Å²) in [5.74, 6) is 1.98. The number of guanidine groups is 1. The van der Waals surface area contributed by atoms with Crippen LogP contribution >= 0.6 is 24.0 Å². The highest BCUT2D eigenvalue weighted by Gasteiger charge is 2.21. The Morgan fingerprint density at radius 3 is 2.68 bits per heavy atom. The molecule has 1 aromatic rings. The Labute approximate surface area is 203 Å². The molecular weight excluding hydrogens is 503 g/mol. The van der Waals surface area contributed by atoms with E-state index in [9.17, 15) is 4.79 Å². The number of nitrogens with one attached hydrogen (secondary N) is 2. The van der Waals surface area contributed by atoms with Gasteiger partial charge in [0.15, 0.2) is 5.96 Å². The van der Waals surface area contributed by atoms with Crippen LogP contribution in [0.1, 0.15) is 45.4 Å². The molecule has 1 aromatic heterocycles. The Morgan fingerprint density at radius 1 is 1.16 bits per heavy atom. The van der Waals surface area contributed by atoms with Gasteiger partial charge in [-0.15, -0.1) is 24.0 Å². The predicted molar refractivity (Wildman–Crippen MR) is 138 cm³/mol. The van der Waals surface area contributed by atoms with Gasteiger partial charge in [0.1, 0.15) is 5.82 Å². The van der Waals surface area contributed by atoms with Gasteiger partial charge in [0, 0.05) is 51.9 Å². The number of nitrogens with zero attached hydrogens (tertiary/aromatic N) is 4. The Balaban J connectivity index is 0.00000341. The van der Waals surface area contributed by atoms with Gasteiger partial charge >= 0.3 is 0 Å². The van der Waals surface area contributed by atoms with Crippen LogP contribution in [-0.2, 0) is 4.79 Å². The number of aliphatic imine (C=N–C) groups is 1. The molecule has 3 rings (SSSR count). The van der Waals surface area contributed by atoms with Gasteiger partial charge in [-0.3, -0.25) is 9.79 Å². The van der Waals surface area contributed by atoms with E-state index in [1.165, 1.54) is 25.7 Å². The molecule has 1 aliphatic carbocycles. The van der Waals surface area contributed by atoms with E-state index in [0.29, 0.717) is 13.0 Å². The first-order chi connectivity index (χ1) is 14.8. The van der Waals surface area contributed by atoms with Crippen molar-refractivity contribution in [2.24, 2.45) is 4.99 Å². The molecule has 1 amide bonds. The molecule has 8 heteroatoms. The van der Waals surface area contributed by atoms with Crippen molar-refractivity contribution >= 4 is 41.7 Å². The zero-order valence-electron chi connectivity index (χ0n) is 18.7. The van der Waals surface area contributed by atoms with Crippen LogP contribution in [-0.4, -0.2) is 67.6 Å². The lowest BCUT2D eigenvalue weighted by Crippen LogP contribution is -2.49. The molecule has 0 atom stereocenters. The molecule has 2 aliphatic rings. The molecule has 0 spiro atoms. The molecule has 2 N–H and O–H groups in total. The van der Waals surface area contributed by atoms with Gasteiger partial charge in [-0.05, 0) is 51.2 Å². The van der Waals surface area contributed by atoms with Crippen LogP contribution in [0.25, 0.3) is 0 Å². The van der Waals surface area contributed by atoms with Gasteiger partial charge in [-0.2, -0.15) is 0 Å². The summed E-state index contributed by atoms with van der Waals surface area (Å²) >= 11 is 0. The van der Waals surface area contributed by atoms with E-state index in [2.05, 4.69) is 38.5 Å². The lowest BCUT2D eigenvalue weighted by atomic mass is 9.97. The van der Waals surface area contributed by atoms with E-state index < -0.39 is 0 Å². The highest BCUT2D eigenvalue weighted by atomic mass is 127. The summed E-state index contributed by atoms with van der Waals surface area (Å²) in [4.78, 5) is 25.8. The topological polar surface area (TPSA) is 72.9 Å². The summed E-state index contributed by atoms with van der Waals surface area (Å²) < 4.78 is 0. The van der Waals surface area contributed by atoms with Crippen LogP contribution in [0.15, 0.2) is 41.0 Å². The van der Waals surface area contributed by atoms with E-state index in [-0.39, 0.29) is 29.9 Å². The maximum atomic E-state index is 12.6. The second kappa shape index (κ2) is 14.3. The Hall–Kier alpha value is -1.84. The first kappa shape index (κ1) is 25.4. The fraction of sp³-hybridized carbons (Fsp3) is 0.609. The number of hydrogen-bond acceptors (Lipinski definition) is 4. The standard InChI is InChI=1S/C23H36N6O.HI/c1-2-24-23(26-14-11-20-8-4-3-5-9-20)27-15-12-22(30)29-18-16-28(17-19-29)21-10-6-7-13-25-21;/h6-8,10,13H,2-5,9,11-12,14-19H2,1H3,(H2,24,26,27);1H. The highest BCUT2D eigenvalue weighted by Crippen LogP contribution is 2.19. The molecule has 31 heavy (non-hydrogen) atoms. The summed E-state index contributed by atoms with van der Waals surface area (Å²) in [6, 6.07) is 5.94. The van der Waals surface area contributed by atoms with Gasteiger partial charge < -0.3 is 20.4 Å². The van der Waals surface area contributed by atoms with E-state index in [1.807, 2.05) is 29.3 Å². The normalized spacial score (nSPS) is 16.9. The number of piperazine rings is 1. The summed E-state index contributed by atoms with van der Waals surface area (Å²) in [7, 11) is 0. The van der Waals surface area contributed by atoms with E-state index in [4.69, 9.17) is 0 Å². The maximum Gasteiger partial charge on any atom is 0.224 e. The Kier molecular flexibility index (Phi) is 11.7. The fourth-order valence-corrected chi connectivity index (χ4v) is 3.96. The number of aromatic nitrogens is 1. The SMILES string of the molecule is CCNC(=NCCC(=O)N1CCN(c2ccccn2)CC1)NCCC1=CCCCC1.I. The largest absolute Gasteiger partial charge is 0.357 e. The number of halogens is 1. The first-order valence-electron chi connectivity index (χ1n) is 11.4. The van der Waals surface area contributed by atoms with Crippen LogP contribution in [0.5, 0.6) is 0 Å². The lowest BCUT2D eigenvalue weighted by Gasteiger charge is -2.35.